The fourth-order valence-corrected chi connectivity index (χ4v) is 3.42. The van der Waals surface area contributed by atoms with E-state index in [1.54, 1.807) is 0 Å². The van der Waals surface area contributed by atoms with E-state index in [1.165, 1.54) is 0 Å². The van der Waals surface area contributed by atoms with Crippen LogP contribution in [0.3, 0.4) is 0 Å². The molecule has 0 amide bonds. The number of alkyl halides is 1. The third-order valence-electron chi connectivity index (χ3n) is 5.04. The highest BCUT2D eigenvalue weighted by Gasteiger charge is 2.53. The Morgan fingerprint density at radius 1 is 1.22 bits per heavy atom. The van der Waals surface area contributed by atoms with Crippen LogP contribution < -0.4 is 5.32 Å². The number of rotatable bonds is 4. The highest BCUT2D eigenvalue weighted by Crippen LogP contribution is 2.45. The average Bonchev–Trinajstić information content (AvgIpc) is 2.68. The molecule has 4 atom stereocenters. The maximum absolute atomic E-state index is 14.9. The second-order valence-corrected chi connectivity index (χ2v) is 7.09. The quantitative estimate of drug-likeness (QED) is 0.832. The molecule has 0 spiro atoms. The SMILES string of the molecule is CC(C)C(C)NC1CC2CN(C(C)C)CC2(F)C1. The lowest BCUT2D eigenvalue weighted by Crippen LogP contribution is -2.41. The van der Waals surface area contributed by atoms with E-state index in [2.05, 4.69) is 44.8 Å². The summed E-state index contributed by atoms with van der Waals surface area (Å²) < 4.78 is 14.9. The molecule has 3 heteroatoms. The molecular weight excluding hydrogens is 227 g/mol. The minimum atomic E-state index is -0.932. The summed E-state index contributed by atoms with van der Waals surface area (Å²) in [4.78, 5) is 2.30. The van der Waals surface area contributed by atoms with Gasteiger partial charge in [0.05, 0.1) is 0 Å². The summed E-state index contributed by atoms with van der Waals surface area (Å²) in [5, 5.41) is 3.62. The van der Waals surface area contributed by atoms with Gasteiger partial charge < -0.3 is 5.32 Å². The summed E-state index contributed by atoms with van der Waals surface area (Å²) in [6.45, 7) is 12.6. The molecule has 1 aliphatic heterocycles. The first-order valence-corrected chi connectivity index (χ1v) is 7.51. The molecule has 1 aliphatic carbocycles. The van der Waals surface area contributed by atoms with E-state index < -0.39 is 5.67 Å². The molecule has 2 nitrogen and oxygen atoms in total. The Morgan fingerprint density at radius 2 is 1.89 bits per heavy atom. The molecule has 1 heterocycles. The zero-order chi connectivity index (χ0) is 13.5. The molecule has 1 saturated carbocycles. The van der Waals surface area contributed by atoms with Gasteiger partial charge in [-0.2, -0.15) is 0 Å². The van der Waals surface area contributed by atoms with Crippen molar-refractivity contribution in [1.29, 1.82) is 0 Å². The molecule has 2 rings (SSSR count). The molecule has 18 heavy (non-hydrogen) atoms. The van der Waals surface area contributed by atoms with E-state index in [9.17, 15) is 4.39 Å². The highest BCUT2D eigenvalue weighted by atomic mass is 19.1. The standard InChI is InChI=1S/C15H29FN2/c1-10(2)12(5)17-14-6-13-8-18(11(3)4)9-15(13,16)7-14/h10-14,17H,6-9H2,1-5H3. The average molecular weight is 256 g/mol. The number of hydrogen-bond donors (Lipinski definition) is 1. The van der Waals surface area contributed by atoms with Gasteiger partial charge in [-0.05, 0) is 39.5 Å². The molecule has 0 bridgehead atoms. The van der Waals surface area contributed by atoms with Crippen molar-refractivity contribution in [3.8, 4) is 0 Å². The number of likely N-dealkylation sites (tertiary alicyclic amines) is 1. The van der Waals surface area contributed by atoms with Gasteiger partial charge in [0, 0.05) is 37.1 Å². The smallest absolute Gasteiger partial charge is 0.129 e. The van der Waals surface area contributed by atoms with Crippen molar-refractivity contribution in [2.24, 2.45) is 11.8 Å². The van der Waals surface area contributed by atoms with Crippen LogP contribution in [-0.2, 0) is 0 Å². The van der Waals surface area contributed by atoms with Gasteiger partial charge >= 0.3 is 0 Å². The van der Waals surface area contributed by atoms with Crippen molar-refractivity contribution in [3.63, 3.8) is 0 Å². The van der Waals surface area contributed by atoms with Gasteiger partial charge in [-0.3, -0.25) is 4.90 Å². The zero-order valence-corrected chi connectivity index (χ0v) is 12.5. The van der Waals surface area contributed by atoms with Gasteiger partial charge in [0.1, 0.15) is 5.67 Å². The van der Waals surface area contributed by atoms with Crippen LogP contribution in [0.15, 0.2) is 0 Å². The predicted octanol–water partition coefficient (Wildman–Crippen LogP) is 2.83. The fraction of sp³-hybridized carbons (Fsp3) is 1.00. The van der Waals surface area contributed by atoms with Crippen LogP contribution in [0.1, 0.15) is 47.5 Å². The molecule has 2 aliphatic rings. The monoisotopic (exact) mass is 256 g/mol. The topological polar surface area (TPSA) is 15.3 Å². The highest BCUT2D eigenvalue weighted by molar-refractivity contribution is 5.07. The van der Waals surface area contributed by atoms with Crippen LogP contribution in [-0.4, -0.2) is 41.8 Å². The van der Waals surface area contributed by atoms with Crippen LogP contribution >= 0.6 is 0 Å². The summed E-state index contributed by atoms with van der Waals surface area (Å²) in [6.07, 6.45) is 1.72. The third-order valence-corrected chi connectivity index (χ3v) is 5.04. The minimum Gasteiger partial charge on any atom is -0.311 e. The molecule has 4 unspecified atom stereocenters. The maximum atomic E-state index is 14.9. The minimum absolute atomic E-state index is 0.247. The Hall–Kier alpha value is -0.150. The Balaban J connectivity index is 1.91. The van der Waals surface area contributed by atoms with E-state index in [0.717, 1.165) is 13.0 Å². The van der Waals surface area contributed by atoms with E-state index in [-0.39, 0.29) is 5.92 Å². The molecule has 106 valence electrons. The molecule has 0 aromatic rings. The van der Waals surface area contributed by atoms with E-state index >= 15 is 0 Å². The summed E-state index contributed by atoms with van der Waals surface area (Å²) in [6, 6.07) is 1.34. The number of hydrogen-bond acceptors (Lipinski definition) is 2. The van der Waals surface area contributed by atoms with Crippen molar-refractivity contribution in [2.75, 3.05) is 13.1 Å². The predicted molar refractivity (Wildman–Crippen MR) is 74.5 cm³/mol. The number of halogens is 1. The number of fused-ring (bicyclic) bond motifs is 1. The molecule has 0 aromatic carbocycles. The van der Waals surface area contributed by atoms with Crippen molar-refractivity contribution in [3.05, 3.63) is 0 Å². The van der Waals surface area contributed by atoms with Gasteiger partial charge in [-0.1, -0.05) is 13.8 Å². The van der Waals surface area contributed by atoms with Gasteiger partial charge in [0.25, 0.3) is 0 Å². The van der Waals surface area contributed by atoms with Crippen molar-refractivity contribution in [1.82, 2.24) is 10.2 Å². The Bertz CT molecular complexity index is 292. The second kappa shape index (κ2) is 5.09. The fourth-order valence-electron chi connectivity index (χ4n) is 3.42. The van der Waals surface area contributed by atoms with Gasteiger partial charge in [-0.25, -0.2) is 4.39 Å². The lowest BCUT2D eigenvalue weighted by atomic mass is 9.97. The zero-order valence-electron chi connectivity index (χ0n) is 12.5. The lowest BCUT2D eigenvalue weighted by Gasteiger charge is -2.26. The van der Waals surface area contributed by atoms with Crippen LogP contribution in [0.2, 0.25) is 0 Å². The molecule has 1 N–H and O–H groups in total. The van der Waals surface area contributed by atoms with Gasteiger partial charge in [0.2, 0.25) is 0 Å². The number of nitrogens with one attached hydrogen (secondary N) is 1. The van der Waals surface area contributed by atoms with Crippen molar-refractivity contribution < 1.29 is 4.39 Å². The molecule has 2 fully saturated rings. The summed E-state index contributed by atoms with van der Waals surface area (Å²) in [5.41, 5.74) is -0.932. The first-order chi connectivity index (χ1) is 8.32. The Morgan fingerprint density at radius 3 is 2.39 bits per heavy atom. The summed E-state index contributed by atoms with van der Waals surface area (Å²) in [5.74, 6) is 0.866. The summed E-state index contributed by atoms with van der Waals surface area (Å²) in [7, 11) is 0. The maximum Gasteiger partial charge on any atom is 0.129 e. The van der Waals surface area contributed by atoms with Crippen molar-refractivity contribution in [2.45, 2.75) is 71.3 Å². The normalized spacial score (nSPS) is 38.7. The van der Waals surface area contributed by atoms with E-state index in [1.807, 2.05) is 0 Å². The van der Waals surface area contributed by atoms with Crippen LogP contribution in [0, 0.1) is 11.8 Å². The van der Waals surface area contributed by atoms with E-state index in [0.29, 0.717) is 37.0 Å². The van der Waals surface area contributed by atoms with Crippen molar-refractivity contribution >= 4 is 0 Å². The van der Waals surface area contributed by atoms with Crippen LogP contribution in [0.5, 0.6) is 0 Å². The van der Waals surface area contributed by atoms with Gasteiger partial charge in [0.15, 0.2) is 0 Å². The first kappa shape index (κ1) is 14.3. The van der Waals surface area contributed by atoms with Crippen LogP contribution in [0.4, 0.5) is 4.39 Å². The Labute approximate surface area is 111 Å². The van der Waals surface area contributed by atoms with E-state index in [4.69, 9.17) is 0 Å². The number of nitrogens with zero attached hydrogens (tertiary/aromatic N) is 1. The molecule has 0 aromatic heterocycles. The lowest BCUT2D eigenvalue weighted by molar-refractivity contribution is 0.134. The van der Waals surface area contributed by atoms with Crippen LogP contribution in [0.25, 0.3) is 0 Å². The summed E-state index contributed by atoms with van der Waals surface area (Å²) >= 11 is 0. The first-order valence-electron chi connectivity index (χ1n) is 7.51. The Kier molecular flexibility index (Phi) is 4.03. The largest absolute Gasteiger partial charge is 0.311 e. The molecule has 0 radical (unpaired) electrons. The molecule has 1 saturated heterocycles. The van der Waals surface area contributed by atoms with Gasteiger partial charge in [-0.15, -0.1) is 0 Å². The second-order valence-electron chi connectivity index (χ2n) is 7.09. The third kappa shape index (κ3) is 2.72. The molecular formula is C15H29FN2.